The van der Waals surface area contributed by atoms with E-state index < -0.39 is 0 Å². The highest BCUT2D eigenvalue weighted by Gasteiger charge is 2.07. The maximum atomic E-state index is 10.2. The van der Waals surface area contributed by atoms with E-state index in [1.807, 2.05) is 0 Å². The molecule has 0 amide bonds. The molecule has 2 aromatic carbocycles. The van der Waals surface area contributed by atoms with Crippen molar-refractivity contribution in [3.8, 4) is 11.5 Å². The Bertz CT molecular complexity index is 687. The van der Waals surface area contributed by atoms with E-state index in [1.54, 1.807) is 48.6 Å². The number of phenolic OH excluding ortho intramolecular Hbond substituents is 2. The van der Waals surface area contributed by atoms with Crippen molar-refractivity contribution >= 4 is 24.1 Å². The van der Waals surface area contributed by atoms with E-state index in [1.165, 1.54) is 6.21 Å². The van der Waals surface area contributed by atoms with Gasteiger partial charge in [-0.1, -0.05) is 43.5 Å². The molecule has 0 unspecified atom stereocenters. The summed E-state index contributed by atoms with van der Waals surface area (Å²) in [4.78, 5) is 4.20. The van der Waals surface area contributed by atoms with Gasteiger partial charge in [0.2, 0.25) is 0 Å². The van der Waals surface area contributed by atoms with Crippen molar-refractivity contribution in [2.24, 2.45) is 4.99 Å². The van der Waals surface area contributed by atoms with Crippen molar-refractivity contribution < 1.29 is 10.2 Å². The van der Waals surface area contributed by atoms with Crippen molar-refractivity contribution in [2.75, 3.05) is 0 Å². The topological polar surface area (TPSA) is 52.8 Å². The van der Waals surface area contributed by atoms with Gasteiger partial charge in [0.15, 0.2) is 0 Å². The summed E-state index contributed by atoms with van der Waals surface area (Å²) >= 11 is 0. The third-order valence-electron chi connectivity index (χ3n) is 2.93. The number of hydrogen-bond acceptors (Lipinski definition) is 3. The first-order chi connectivity index (χ1) is 9.67. The van der Waals surface area contributed by atoms with Crippen LogP contribution in [0.2, 0.25) is 0 Å². The molecule has 3 heteroatoms. The molecule has 0 aliphatic heterocycles. The fraction of sp³-hybridized carbons (Fsp3) is 0. The molecule has 0 atom stereocenters. The molecule has 0 radical (unpaired) electrons. The molecule has 0 heterocycles. The normalized spacial score (nSPS) is 10.6. The second-order valence-corrected chi connectivity index (χ2v) is 4.16. The first-order valence-electron chi connectivity index (χ1n) is 6.10. The predicted molar refractivity (Wildman–Crippen MR) is 83.6 cm³/mol. The second-order valence-electron chi connectivity index (χ2n) is 4.16. The number of rotatable bonds is 4. The van der Waals surface area contributed by atoms with Crippen molar-refractivity contribution in [3.05, 3.63) is 66.2 Å². The van der Waals surface area contributed by atoms with Crippen LogP contribution in [0.4, 0.5) is 5.69 Å². The minimum absolute atomic E-state index is 0.0454. The molecule has 0 aliphatic carbocycles. The van der Waals surface area contributed by atoms with Gasteiger partial charge in [0.05, 0.1) is 0 Å². The lowest BCUT2D eigenvalue weighted by molar-refractivity contribution is 0.473. The van der Waals surface area contributed by atoms with Crippen LogP contribution >= 0.6 is 0 Å². The minimum atomic E-state index is 0.0454. The van der Waals surface area contributed by atoms with Gasteiger partial charge in [0.25, 0.3) is 0 Å². The number of phenols is 2. The number of para-hydroxylation sites is 1. The Morgan fingerprint density at radius 1 is 0.900 bits per heavy atom. The van der Waals surface area contributed by atoms with Crippen LogP contribution in [0.1, 0.15) is 16.7 Å². The fourth-order valence-electron chi connectivity index (χ4n) is 1.84. The largest absolute Gasteiger partial charge is 0.507 e. The van der Waals surface area contributed by atoms with Crippen LogP contribution in [-0.4, -0.2) is 16.4 Å². The summed E-state index contributed by atoms with van der Waals surface area (Å²) in [6.45, 7) is 7.36. The maximum absolute atomic E-state index is 10.2. The summed E-state index contributed by atoms with van der Waals surface area (Å²) in [5.74, 6) is 0.187. The lowest BCUT2D eigenvalue weighted by Crippen LogP contribution is -1.84. The summed E-state index contributed by atoms with van der Waals surface area (Å²) < 4.78 is 0. The highest BCUT2D eigenvalue weighted by molar-refractivity contribution is 5.86. The average Bonchev–Trinajstić information content (AvgIpc) is 2.47. The van der Waals surface area contributed by atoms with Gasteiger partial charge in [0, 0.05) is 17.3 Å². The fourth-order valence-corrected chi connectivity index (χ4v) is 1.84. The molecule has 0 saturated carbocycles. The van der Waals surface area contributed by atoms with E-state index in [0.717, 1.165) is 5.56 Å². The Kier molecular flexibility index (Phi) is 4.01. The number of aliphatic imine (C=N–C) groups is 1. The summed E-state index contributed by atoms with van der Waals surface area (Å²) in [5, 5.41) is 19.8. The van der Waals surface area contributed by atoms with Gasteiger partial charge in [-0.2, -0.15) is 0 Å². The third-order valence-corrected chi connectivity index (χ3v) is 2.93. The van der Waals surface area contributed by atoms with E-state index in [0.29, 0.717) is 16.8 Å². The van der Waals surface area contributed by atoms with E-state index in [2.05, 4.69) is 18.2 Å². The van der Waals surface area contributed by atoms with Crippen LogP contribution < -0.4 is 0 Å². The van der Waals surface area contributed by atoms with Crippen LogP contribution in [0, 0.1) is 0 Å². The molecule has 100 valence electrons. The molecule has 0 aromatic heterocycles. The molecule has 0 fully saturated rings. The van der Waals surface area contributed by atoms with Gasteiger partial charge in [0.1, 0.15) is 17.2 Å². The monoisotopic (exact) mass is 265 g/mol. The minimum Gasteiger partial charge on any atom is -0.507 e. The van der Waals surface area contributed by atoms with Crippen molar-refractivity contribution in [2.45, 2.75) is 0 Å². The summed E-state index contributed by atoms with van der Waals surface area (Å²) in [5.41, 5.74) is 2.37. The van der Waals surface area contributed by atoms with Crippen LogP contribution in [0.25, 0.3) is 12.2 Å². The molecule has 0 bridgehead atoms. The lowest BCUT2D eigenvalue weighted by atomic mass is 10.1. The van der Waals surface area contributed by atoms with Crippen molar-refractivity contribution in [1.29, 1.82) is 0 Å². The van der Waals surface area contributed by atoms with E-state index in [-0.39, 0.29) is 11.5 Å². The van der Waals surface area contributed by atoms with Gasteiger partial charge in [-0.15, -0.1) is 0 Å². The first-order valence-corrected chi connectivity index (χ1v) is 6.10. The quantitative estimate of drug-likeness (QED) is 0.816. The van der Waals surface area contributed by atoms with Crippen LogP contribution in [-0.2, 0) is 0 Å². The average molecular weight is 265 g/mol. The smallest absolute Gasteiger partial charge is 0.148 e. The van der Waals surface area contributed by atoms with E-state index >= 15 is 0 Å². The van der Waals surface area contributed by atoms with Gasteiger partial charge in [-0.05, 0) is 23.8 Å². The van der Waals surface area contributed by atoms with Gasteiger partial charge >= 0.3 is 0 Å². The van der Waals surface area contributed by atoms with Crippen LogP contribution in [0.3, 0.4) is 0 Å². The second kappa shape index (κ2) is 5.89. The van der Waals surface area contributed by atoms with Crippen LogP contribution in [0.5, 0.6) is 11.5 Å². The molecule has 0 aliphatic rings. The zero-order valence-corrected chi connectivity index (χ0v) is 11.0. The lowest BCUT2D eigenvalue weighted by Gasteiger charge is -2.07. The third kappa shape index (κ3) is 2.62. The standard InChI is InChI=1S/C17H15NO2/c1-3-12-9-10-15(17(20)14(12)4-2)18-11-13-7-5-6-8-16(13)19/h3-11,19-20H,1-2H2. The van der Waals surface area contributed by atoms with Crippen LogP contribution in [0.15, 0.2) is 54.5 Å². The van der Waals surface area contributed by atoms with E-state index in [9.17, 15) is 10.2 Å². The van der Waals surface area contributed by atoms with Crippen molar-refractivity contribution in [1.82, 2.24) is 0 Å². The molecule has 2 aromatic rings. The Labute approximate surface area is 117 Å². The first kappa shape index (κ1) is 13.6. The number of hydrogen-bond donors (Lipinski definition) is 2. The van der Waals surface area contributed by atoms with Gasteiger partial charge in [-0.3, -0.25) is 4.99 Å². The molecule has 0 saturated heterocycles. The molecule has 0 spiro atoms. The number of benzene rings is 2. The molecular weight excluding hydrogens is 250 g/mol. The zero-order chi connectivity index (χ0) is 14.5. The number of nitrogens with zero attached hydrogens (tertiary/aromatic N) is 1. The SMILES string of the molecule is C=Cc1ccc(N=Cc2ccccc2O)c(O)c1C=C. The molecule has 2 N–H and O–H groups in total. The van der Waals surface area contributed by atoms with E-state index in [4.69, 9.17) is 0 Å². The summed E-state index contributed by atoms with van der Waals surface area (Å²) in [6, 6.07) is 10.4. The van der Waals surface area contributed by atoms with Crippen molar-refractivity contribution in [3.63, 3.8) is 0 Å². The summed E-state index contributed by atoms with van der Waals surface area (Å²) in [6.07, 6.45) is 4.71. The molecule has 3 nitrogen and oxygen atoms in total. The zero-order valence-electron chi connectivity index (χ0n) is 11.0. The highest BCUT2D eigenvalue weighted by Crippen LogP contribution is 2.34. The summed E-state index contributed by atoms with van der Waals surface area (Å²) in [7, 11) is 0. The Morgan fingerprint density at radius 2 is 1.65 bits per heavy atom. The molecular formula is C17H15NO2. The highest BCUT2D eigenvalue weighted by atomic mass is 16.3. The van der Waals surface area contributed by atoms with Gasteiger partial charge in [-0.25, -0.2) is 0 Å². The maximum Gasteiger partial charge on any atom is 0.148 e. The Morgan fingerprint density at radius 3 is 2.30 bits per heavy atom. The predicted octanol–water partition coefficient (Wildman–Crippen LogP) is 4.13. The van der Waals surface area contributed by atoms with Gasteiger partial charge < -0.3 is 10.2 Å². The molecule has 2 rings (SSSR count). The Balaban J connectivity index is 2.42. The molecule has 20 heavy (non-hydrogen) atoms. The number of aromatic hydroxyl groups is 2. The Hall–Kier alpha value is -2.81.